The summed E-state index contributed by atoms with van der Waals surface area (Å²) in [7, 11) is 0. The average molecular weight is 241 g/mol. The second-order valence-electron chi connectivity index (χ2n) is 4.00. The zero-order valence-corrected chi connectivity index (χ0v) is 10.2. The van der Waals surface area contributed by atoms with E-state index in [0.717, 1.165) is 11.4 Å². The molecule has 2 N–H and O–H groups in total. The first kappa shape index (κ1) is 12.1. The normalized spacial score (nSPS) is 10.7. The number of rotatable bonds is 4. The van der Waals surface area contributed by atoms with Gasteiger partial charge in [-0.1, -0.05) is 29.8 Å². The molecule has 18 heavy (non-hydrogen) atoms. The third kappa shape index (κ3) is 3.59. The smallest absolute Gasteiger partial charge is 0.244 e. The molecule has 0 bridgehead atoms. The molecule has 1 aromatic heterocycles. The number of aromatic amines is 1. The van der Waals surface area contributed by atoms with Crippen molar-refractivity contribution in [3.63, 3.8) is 0 Å². The standard InChI is InChI=1S/C14H15N3O/c1-11-2-4-12(5-3-11)6-7-14(18)17-10-13-15-8-9-16-13/h2-9H,10H2,1H3,(H,15,16)(H,17,18). The molecule has 0 fully saturated rings. The summed E-state index contributed by atoms with van der Waals surface area (Å²) in [5, 5.41) is 2.75. The number of carbonyl (C=O) groups is 1. The second-order valence-corrected chi connectivity index (χ2v) is 4.00. The Bertz CT molecular complexity index is 527. The zero-order chi connectivity index (χ0) is 12.8. The summed E-state index contributed by atoms with van der Waals surface area (Å²) in [4.78, 5) is 18.5. The summed E-state index contributed by atoms with van der Waals surface area (Å²) in [5.74, 6) is 0.610. The van der Waals surface area contributed by atoms with Gasteiger partial charge in [0.25, 0.3) is 0 Å². The van der Waals surface area contributed by atoms with Gasteiger partial charge in [0, 0.05) is 18.5 Å². The van der Waals surface area contributed by atoms with Gasteiger partial charge in [0.2, 0.25) is 5.91 Å². The van der Waals surface area contributed by atoms with Crippen LogP contribution < -0.4 is 5.32 Å². The first-order valence-electron chi connectivity index (χ1n) is 5.75. The predicted octanol–water partition coefficient (Wildman–Crippen LogP) is 2.05. The molecule has 2 aromatic rings. The van der Waals surface area contributed by atoms with Gasteiger partial charge >= 0.3 is 0 Å². The lowest BCUT2D eigenvalue weighted by Gasteiger charge is -1.98. The number of nitrogens with one attached hydrogen (secondary N) is 2. The maximum atomic E-state index is 11.5. The molecule has 1 amide bonds. The molecule has 0 aliphatic heterocycles. The number of amides is 1. The number of carbonyl (C=O) groups excluding carboxylic acids is 1. The van der Waals surface area contributed by atoms with Crippen molar-refractivity contribution in [1.82, 2.24) is 15.3 Å². The Morgan fingerprint density at radius 3 is 2.83 bits per heavy atom. The molecule has 92 valence electrons. The van der Waals surface area contributed by atoms with Crippen LogP contribution in [-0.2, 0) is 11.3 Å². The van der Waals surface area contributed by atoms with E-state index >= 15 is 0 Å². The lowest BCUT2D eigenvalue weighted by molar-refractivity contribution is -0.116. The number of imidazole rings is 1. The Labute approximate surface area is 106 Å². The van der Waals surface area contributed by atoms with Crippen LogP contribution in [-0.4, -0.2) is 15.9 Å². The number of H-pyrrole nitrogens is 1. The van der Waals surface area contributed by atoms with Crippen molar-refractivity contribution in [2.75, 3.05) is 0 Å². The molecule has 0 spiro atoms. The van der Waals surface area contributed by atoms with Crippen LogP contribution in [0.5, 0.6) is 0 Å². The van der Waals surface area contributed by atoms with Crippen molar-refractivity contribution in [3.05, 3.63) is 59.7 Å². The lowest BCUT2D eigenvalue weighted by Crippen LogP contribution is -2.20. The SMILES string of the molecule is Cc1ccc(C=CC(=O)NCc2ncc[nH]2)cc1. The van der Waals surface area contributed by atoms with E-state index in [1.54, 1.807) is 18.5 Å². The summed E-state index contributed by atoms with van der Waals surface area (Å²) < 4.78 is 0. The van der Waals surface area contributed by atoms with E-state index in [9.17, 15) is 4.79 Å². The molecule has 0 atom stereocenters. The van der Waals surface area contributed by atoms with Crippen molar-refractivity contribution in [2.45, 2.75) is 13.5 Å². The molecule has 0 saturated carbocycles. The summed E-state index contributed by atoms with van der Waals surface area (Å²) in [6, 6.07) is 7.98. The van der Waals surface area contributed by atoms with Gasteiger partial charge in [0.15, 0.2) is 0 Å². The highest BCUT2D eigenvalue weighted by atomic mass is 16.1. The van der Waals surface area contributed by atoms with E-state index in [-0.39, 0.29) is 5.91 Å². The molecule has 0 unspecified atom stereocenters. The van der Waals surface area contributed by atoms with Crippen molar-refractivity contribution in [3.8, 4) is 0 Å². The van der Waals surface area contributed by atoms with Crippen molar-refractivity contribution >= 4 is 12.0 Å². The van der Waals surface area contributed by atoms with Crippen molar-refractivity contribution < 1.29 is 4.79 Å². The first-order chi connectivity index (χ1) is 8.74. The van der Waals surface area contributed by atoms with E-state index in [0.29, 0.717) is 6.54 Å². The number of nitrogens with zero attached hydrogens (tertiary/aromatic N) is 1. The highest BCUT2D eigenvalue weighted by molar-refractivity contribution is 5.91. The van der Waals surface area contributed by atoms with Crippen LogP contribution in [0.1, 0.15) is 17.0 Å². The minimum atomic E-state index is -0.132. The fourth-order valence-electron chi connectivity index (χ4n) is 1.47. The van der Waals surface area contributed by atoms with Gasteiger partial charge < -0.3 is 10.3 Å². The van der Waals surface area contributed by atoms with Gasteiger partial charge in [0.05, 0.1) is 6.54 Å². The number of hydrogen-bond donors (Lipinski definition) is 2. The van der Waals surface area contributed by atoms with Gasteiger partial charge in [-0.2, -0.15) is 0 Å². The highest BCUT2D eigenvalue weighted by Gasteiger charge is 1.97. The number of hydrogen-bond acceptors (Lipinski definition) is 2. The molecular weight excluding hydrogens is 226 g/mol. The fraction of sp³-hybridized carbons (Fsp3) is 0.143. The fourth-order valence-corrected chi connectivity index (χ4v) is 1.47. The van der Waals surface area contributed by atoms with Gasteiger partial charge in [-0.3, -0.25) is 4.79 Å². The number of aromatic nitrogens is 2. The van der Waals surface area contributed by atoms with Crippen molar-refractivity contribution in [2.24, 2.45) is 0 Å². The molecule has 2 rings (SSSR count). The Morgan fingerprint density at radius 2 is 2.17 bits per heavy atom. The van der Waals surface area contributed by atoms with E-state index in [2.05, 4.69) is 15.3 Å². The Kier molecular flexibility index (Phi) is 3.91. The largest absolute Gasteiger partial charge is 0.347 e. The van der Waals surface area contributed by atoms with Gasteiger partial charge in [-0.15, -0.1) is 0 Å². The second kappa shape index (κ2) is 5.82. The maximum Gasteiger partial charge on any atom is 0.244 e. The molecule has 0 radical (unpaired) electrons. The summed E-state index contributed by atoms with van der Waals surface area (Å²) in [6.07, 6.45) is 6.69. The van der Waals surface area contributed by atoms with Crippen LogP contribution in [0.3, 0.4) is 0 Å². The van der Waals surface area contributed by atoms with Crippen LogP contribution >= 0.6 is 0 Å². The minimum absolute atomic E-state index is 0.132. The molecule has 4 nitrogen and oxygen atoms in total. The summed E-state index contributed by atoms with van der Waals surface area (Å²) >= 11 is 0. The summed E-state index contributed by atoms with van der Waals surface area (Å²) in [5.41, 5.74) is 2.21. The van der Waals surface area contributed by atoms with E-state index in [1.807, 2.05) is 31.2 Å². The maximum absolute atomic E-state index is 11.5. The summed E-state index contributed by atoms with van der Waals surface area (Å²) in [6.45, 7) is 2.44. The van der Waals surface area contributed by atoms with Crippen LogP contribution in [0.4, 0.5) is 0 Å². The zero-order valence-electron chi connectivity index (χ0n) is 10.2. The van der Waals surface area contributed by atoms with Gasteiger partial charge in [-0.25, -0.2) is 4.98 Å². The van der Waals surface area contributed by atoms with E-state index in [4.69, 9.17) is 0 Å². The van der Waals surface area contributed by atoms with Crippen LogP contribution in [0, 0.1) is 6.92 Å². The molecule has 1 heterocycles. The molecule has 0 aliphatic carbocycles. The van der Waals surface area contributed by atoms with Crippen molar-refractivity contribution in [1.29, 1.82) is 0 Å². The van der Waals surface area contributed by atoms with Crippen LogP contribution in [0.25, 0.3) is 6.08 Å². The molecule has 0 aliphatic rings. The highest BCUT2D eigenvalue weighted by Crippen LogP contribution is 2.04. The monoisotopic (exact) mass is 241 g/mol. The Hall–Kier alpha value is -2.36. The number of aryl methyl sites for hydroxylation is 1. The Morgan fingerprint density at radius 1 is 1.39 bits per heavy atom. The molecular formula is C14H15N3O. The van der Waals surface area contributed by atoms with Crippen LogP contribution in [0.2, 0.25) is 0 Å². The molecule has 0 saturated heterocycles. The third-order valence-corrected chi connectivity index (χ3v) is 2.49. The van der Waals surface area contributed by atoms with Gasteiger partial charge in [0.1, 0.15) is 5.82 Å². The topological polar surface area (TPSA) is 57.8 Å². The quantitative estimate of drug-likeness (QED) is 0.805. The predicted molar refractivity (Wildman–Crippen MR) is 70.6 cm³/mol. The lowest BCUT2D eigenvalue weighted by atomic mass is 10.1. The van der Waals surface area contributed by atoms with E-state index < -0.39 is 0 Å². The third-order valence-electron chi connectivity index (χ3n) is 2.49. The molecule has 4 heteroatoms. The van der Waals surface area contributed by atoms with Crippen LogP contribution in [0.15, 0.2) is 42.7 Å². The Balaban J connectivity index is 1.85. The minimum Gasteiger partial charge on any atom is -0.347 e. The molecule has 1 aromatic carbocycles. The average Bonchev–Trinajstić information content (AvgIpc) is 2.89. The first-order valence-corrected chi connectivity index (χ1v) is 5.75. The van der Waals surface area contributed by atoms with Gasteiger partial charge in [-0.05, 0) is 18.6 Å². The number of benzene rings is 1. The van der Waals surface area contributed by atoms with E-state index in [1.165, 1.54) is 11.6 Å².